The van der Waals surface area contributed by atoms with Crippen LogP contribution in [0.4, 0.5) is 13.2 Å². The zero-order valence-corrected chi connectivity index (χ0v) is 21.2. The maximum Gasteiger partial charge on any atom is 0.425 e. The van der Waals surface area contributed by atoms with E-state index in [1.54, 1.807) is 10.9 Å². The molecular formula is C24H34F3N3O4S. The van der Waals surface area contributed by atoms with Crippen LogP contribution in [0.5, 0.6) is 0 Å². The molecule has 2 aliphatic heterocycles. The molecule has 2 aliphatic rings. The number of likely N-dealkylation sites (tertiary alicyclic amines) is 1. The lowest BCUT2D eigenvalue weighted by Crippen LogP contribution is -2.50. The predicted octanol–water partition coefficient (Wildman–Crippen LogP) is 3.69. The molecule has 1 saturated heterocycles. The first kappa shape index (κ1) is 26.6. The lowest BCUT2D eigenvalue weighted by atomic mass is 9.81. The van der Waals surface area contributed by atoms with Gasteiger partial charge in [0.15, 0.2) is 0 Å². The Morgan fingerprint density at radius 1 is 1.37 bits per heavy atom. The highest BCUT2D eigenvalue weighted by atomic mass is 32.1. The third kappa shape index (κ3) is 5.75. The molecule has 3 atom stereocenters. The molecule has 4 rings (SSSR count). The fraction of sp³-hybridized carbons (Fsp3) is 0.708. The Bertz CT molecular complexity index is 1010. The number of nitrogens with zero attached hydrogens (tertiary/aromatic N) is 3. The van der Waals surface area contributed by atoms with E-state index in [2.05, 4.69) is 16.9 Å². The van der Waals surface area contributed by atoms with Crippen LogP contribution in [0.2, 0.25) is 0 Å². The maximum atomic E-state index is 13.6. The van der Waals surface area contributed by atoms with Gasteiger partial charge >= 0.3 is 6.18 Å². The third-order valence-corrected chi connectivity index (χ3v) is 8.32. The zero-order chi connectivity index (χ0) is 25.4. The Balaban J connectivity index is 1.43. The van der Waals surface area contributed by atoms with Crippen LogP contribution in [-0.2, 0) is 47.4 Å². The SMILES string of the molecule is CC(C)OC[C@@H](O)Cn1cc(CN2CC[C@]3(C[C@@H]2C)OCCc2c3sc(C(F)(F)F)c2CO)cn1. The van der Waals surface area contributed by atoms with Crippen molar-refractivity contribution in [3.05, 3.63) is 38.8 Å². The van der Waals surface area contributed by atoms with E-state index in [1.807, 2.05) is 20.0 Å². The van der Waals surface area contributed by atoms with Gasteiger partial charge in [0.2, 0.25) is 0 Å². The highest BCUT2D eigenvalue weighted by Gasteiger charge is 2.48. The van der Waals surface area contributed by atoms with Gasteiger partial charge < -0.3 is 19.7 Å². The summed E-state index contributed by atoms with van der Waals surface area (Å²) in [6.07, 6.45) is 0.183. The number of alkyl halides is 3. The summed E-state index contributed by atoms with van der Waals surface area (Å²) in [7, 11) is 0. The molecule has 35 heavy (non-hydrogen) atoms. The lowest BCUT2D eigenvalue weighted by molar-refractivity contribution is -0.135. The van der Waals surface area contributed by atoms with Gasteiger partial charge in [-0.15, -0.1) is 11.3 Å². The summed E-state index contributed by atoms with van der Waals surface area (Å²) in [5.74, 6) is 0. The highest BCUT2D eigenvalue weighted by molar-refractivity contribution is 7.12. The second-order valence-electron chi connectivity index (χ2n) is 9.85. The highest BCUT2D eigenvalue weighted by Crippen LogP contribution is 2.51. The Kier molecular flexibility index (Phi) is 7.94. The number of aliphatic hydroxyl groups excluding tert-OH is 2. The van der Waals surface area contributed by atoms with Crippen molar-refractivity contribution in [1.29, 1.82) is 0 Å². The first-order valence-corrected chi connectivity index (χ1v) is 12.9. The van der Waals surface area contributed by atoms with Crippen LogP contribution in [0, 0.1) is 0 Å². The monoisotopic (exact) mass is 517 g/mol. The van der Waals surface area contributed by atoms with E-state index in [-0.39, 0.29) is 24.3 Å². The largest absolute Gasteiger partial charge is 0.425 e. The average Bonchev–Trinajstić information content (AvgIpc) is 3.39. The molecule has 196 valence electrons. The smallest absolute Gasteiger partial charge is 0.392 e. The molecule has 0 aliphatic carbocycles. The molecule has 2 aromatic rings. The summed E-state index contributed by atoms with van der Waals surface area (Å²) < 4.78 is 54.3. The fourth-order valence-corrected chi connectivity index (χ4v) is 6.57. The van der Waals surface area contributed by atoms with Crippen molar-refractivity contribution in [1.82, 2.24) is 14.7 Å². The van der Waals surface area contributed by atoms with Gasteiger partial charge in [-0.3, -0.25) is 9.58 Å². The molecule has 0 amide bonds. The summed E-state index contributed by atoms with van der Waals surface area (Å²) in [6, 6.07) is 0.0806. The molecule has 2 N–H and O–H groups in total. The lowest BCUT2D eigenvalue weighted by Gasteiger charge is -2.47. The Morgan fingerprint density at radius 2 is 2.14 bits per heavy atom. The van der Waals surface area contributed by atoms with Gasteiger partial charge in [0.1, 0.15) is 10.5 Å². The normalized spacial score (nSPS) is 24.3. The Morgan fingerprint density at radius 3 is 2.80 bits per heavy atom. The van der Waals surface area contributed by atoms with Gasteiger partial charge in [-0.05, 0) is 45.6 Å². The van der Waals surface area contributed by atoms with Crippen LogP contribution in [0.15, 0.2) is 12.4 Å². The van der Waals surface area contributed by atoms with Crippen molar-refractivity contribution in [2.24, 2.45) is 0 Å². The number of fused-ring (bicyclic) bond motifs is 2. The number of hydrogen-bond acceptors (Lipinski definition) is 7. The van der Waals surface area contributed by atoms with Crippen molar-refractivity contribution >= 4 is 11.3 Å². The van der Waals surface area contributed by atoms with Crippen molar-refractivity contribution < 1.29 is 32.9 Å². The van der Waals surface area contributed by atoms with E-state index in [0.29, 0.717) is 55.9 Å². The Labute approximate surface area is 207 Å². The van der Waals surface area contributed by atoms with Crippen LogP contribution < -0.4 is 0 Å². The van der Waals surface area contributed by atoms with E-state index < -0.39 is 29.4 Å². The molecule has 1 fully saturated rings. The van der Waals surface area contributed by atoms with Gasteiger partial charge in [0, 0.05) is 41.3 Å². The van der Waals surface area contributed by atoms with E-state index in [9.17, 15) is 23.4 Å². The first-order chi connectivity index (χ1) is 16.5. The van der Waals surface area contributed by atoms with Crippen molar-refractivity contribution in [3.8, 4) is 0 Å². The summed E-state index contributed by atoms with van der Waals surface area (Å²) in [5.41, 5.74) is 0.904. The molecule has 0 radical (unpaired) electrons. The second-order valence-corrected chi connectivity index (χ2v) is 10.9. The average molecular weight is 518 g/mol. The number of aromatic nitrogens is 2. The molecule has 0 aromatic carbocycles. The molecule has 7 nitrogen and oxygen atoms in total. The van der Waals surface area contributed by atoms with Crippen molar-refractivity contribution in [3.63, 3.8) is 0 Å². The van der Waals surface area contributed by atoms with E-state index in [4.69, 9.17) is 9.47 Å². The third-order valence-electron chi connectivity index (χ3n) is 6.82. The molecule has 1 spiro atoms. The quantitative estimate of drug-likeness (QED) is 0.556. The van der Waals surface area contributed by atoms with Crippen LogP contribution in [-0.4, -0.2) is 62.9 Å². The standard InChI is InChI=1S/C24H34F3N3O4S/c1-15(2)33-14-18(32)12-30-11-17(9-28-30)10-29-6-5-23(8-16(29)3)21-19(4-7-34-23)20(13-31)22(35-21)24(25,26)27/h9,11,15-16,18,31-32H,4-8,10,12-14H2,1-3H3/t16-,18-,23+/m0/s1. The Hall–Kier alpha value is -1.50. The molecular weight excluding hydrogens is 483 g/mol. The molecule has 0 bridgehead atoms. The number of thiophene rings is 1. The molecule has 4 heterocycles. The summed E-state index contributed by atoms with van der Waals surface area (Å²) >= 11 is 0.745. The van der Waals surface area contributed by atoms with Gasteiger partial charge in [0.25, 0.3) is 0 Å². The van der Waals surface area contributed by atoms with E-state index in [1.165, 1.54) is 0 Å². The number of hydrogen-bond donors (Lipinski definition) is 2. The van der Waals surface area contributed by atoms with Gasteiger partial charge in [-0.25, -0.2) is 0 Å². The summed E-state index contributed by atoms with van der Waals surface area (Å²) in [4.78, 5) is 2.23. The van der Waals surface area contributed by atoms with Crippen LogP contribution in [0.1, 0.15) is 60.1 Å². The minimum absolute atomic E-state index is 0.0173. The van der Waals surface area contributed by atoms with Gasteiger partial charge in [0.05, 0.1) is 44.8 Å². The van der Waals surface area contributed by atoms with Crippen LogP contribution in [0.25, 0.3) is 0 Å². The van der Waals surface area contributed by atoms with Crippen LogP contribution in [0.3, 0.4) is 0 Å². The molecule has 11 heteroatoms. The topological polar surface area (TPSA) is 80.0 Å². The molecule has 0 saturated carbocycles. The van der Waals surface area contributed by atoms with E-state index >= 15 is 0 Å². The second kappa shape index (κ2) is 10.5. The summed E-state index contributed by atoms with van der Waals surface area (Å²) in [5, 5.41) is 24.2. The molecule has 2 aromatic heterocycles. The number of ether oxygens (including phenoxy) is 2. The number of halogens is 3. The minimum atomic E-state index is -4.48. The number of rotatable bonds is 8. The first-order valence-electron chi connectivity index (χ1n) is 12.0. The number of aliphatic hydroxyl groups is 2. The van der Waals surface area contributed by atoms with Crippen molar-refractivity contribution in [2.75, 3.05) is 19.8 Å². The van der Waals surface area contributed by atoms with Crippen LogP contribution >= 0.6 is 11.3 Å². The predicted molar refractivity (Wildman–Crippen MR) is 125 cm³/mol. The number of piperidine rings is 1. The fourth-order valence-electron chi connectivity index (χ4n) is 5.16. The van der Waals surface area contributed by atoms with Gasteiger partial charge in [-0.2, -0.15) is 18.3 Å². The summed E-state index contributed by atoms with van der Waals surface area (Å²) in [6.45, 7) is 7.57. The van der Waals surface area contributed by atoms with E-state index in [0.717, 1.165) is 16.9 Å². The van der Waals surface area contributed by atoms with Gasteiger partial charge in [-0.1, -0.05) is 0 Å². The van der Waals surface area contributed by atoms with Crippen molar-refractivity contribution in [2.45, 2.75) is 89.8 Å². The zero-order valence-electron chi connectivity index (χ0n) is 20.3. The maximum absolute atomic E-state index is 13.6. The minimum Gasteiger partial charge on any atom is -0.392 e. The molecule has 0 unspecified atom stereocenters.